The number of likely N-dealkylation sites (N-methyl/N-ethyl adjacent to an activating group) is 1. The third-order valence-electron chi connectivity index (χ3n) is 5.03. The Morgan fingerprint density at radius 2 is 1.89 bits per heavy atom. The summed E-state index contributed by atoms with van der Waals surface area (Å²) < 4.78 is 11.8. The molecule has 2 heterocycles. The number of thiazole rings is 1. The number of aromatic nitrogens is 3. The molecule has 0 radical (unpaired) electrons. The molecule has 0 fully saturated rings. The van der Waals surface area contributed by atoms with Crippen molar-refractivity contribution in [2.75, 3.05) is 38.2 Å². The van der Waals surface area contributed by atoms with Crippen LogP contribution >= 0.6 is 11.3 Å². The van der Waals surface area contributed by atoms with Gasteiger partial charge < -0.3 is 25.4 Å². The van der Waals surface area contributed by atoms with Crippen molar-refractivity contribution in [1.29, 1.82) is 5.41 Å². The highest BCUT2D eigenvalue weighted by Gasteiger charge is 2.16. The van der Waals surface area contributed by atoms with Gasteiger partial charge in [0.1, 0.15) is 41.8 Å². The van der Waals surface area contributed by atoms with Crippen LogP contribution in [0.25, 0.3) is 0 Å². The molecule has 4 rings (SSSR count). The van der Waals surface area contributed by atoms with Crippen molar-refractivity contribution in [3.05, 3.63) is 82.6 Å². The monoisotopic (exact) mass is 489 g/mol. The minimum absolute atomic E-state index is 0.237. The lowest BCUT2D eigenvalue weighted by molar-refractivity contribution is 0.308. The Hall–Kier alpha value is -4.02. The second-order valence-electron chi connectivity index (χ2n) is 7.95. The number of hydrogen-bond acceptors (Lipinski definition) is 10. The van der Waals surface area contributed by atoms with Crippen LogP contribution in [0.5, 0.6) is 17.2 Å². The van der Waals surface area contributed by atoms with Gasteiger partial charge in [0.25, 0.3) is 0 Å². The van der Waals surface area contributed by atoms with Crippen molar-refractivity contribution in [2.24, 2.45) is 0 Å². The highest BCUT2D eigenvalue weighted by atomic mass is 32.1. The van der Waals surface area contributed by atoms with E-state index in [1.54, 1.807) is 23.0 Å². The van der Waals surface area contributed by atoms with Crippen LogP contribution in [-0.2, 0) is 6.61 Å². The van der Waals surface area contributed by atoms with Gasteiger partial charge >= 0.3 is 0 Å². The van der Waals surface area contributed by atoms with Crippen molar-refractivity contribution >= 4 is 28.7 Å². The van der Waals surface area contributed by atoms with E-state index >= 15 is 0 Å². The highest BCUT2D eigenvalue weighted by Crippen LogP contribution is 2.27. The topological polar surface area (TPSA) is 122 Å². The van der Waals surface area contributed by atoms with Crippen LogP contribution in [-0.4, -0.2) is 52.7 Å². The second kappa shape index (κ2) is 11.4. The summed E-state index contributed by atoms with van der Waals surface area (Å²) in [6.45, 7) is 1.95. The fourth-order valence-corrected chi connectivity index (χ4v) is 3.75. The van der Waals surface area contributed by atoms with Gasteiger partial charge in [-0.2, -0.15) is 0 Å². The van der Waals surface area contributed by atoms with E-state index < -0.39 is 0 Å². The summed E-state index contributed by atoms with van der Waals surface area (Å²) in [5, 5.41) is 12.0. The maximum atomic E-state index is 8.73. The minimum Gasteiger partial charge on any atom is -0.488 e. The molecule has 180 valence electrons. The van der Waals surface area contributed by atoms with E-state index in [2.05, 4.69) is 25.2 Å². The molecular weight excluding hydrogens is 462 g/mol. The Morgan fingerprint density at radius 1 is 1.09 bits per heavy atom. The number of hydrogen-bond donors (Lipinski definition) is 3. The van der Waals surface area contributed by atoms with Gasteiger partial charge in [-0.1, -0.05) is 6.07 Å². The maximum absolute atomic E-state index is 8.73. The molecule has 10 heteroatoms. The van der Waals surface area contributed by atoms with E-state index in [0.717, 1.165) is 11.4 Å². The molecule has 0 aliphatic heterocycles. The average molecular weight is 490 g/mol. The Kier molecular flexibility index (Phi) is 7.86. The summed E-state index contributed by atoms with van der Waals surface area (Å²) in [5.74, 6) is 2.81. The fourth-order valence-electron chi connectivity index (χ4n) is 3.24. The Morgan fingerprint density at radius 3 is 2.63 bits per heavy atom. The molecule has 0 aliphatic carbocycles. The summed E-state index contributed by atoms with van der Waals surface area (Å²) >= 11 is 1.55. The van der Waals surface area contributed by atoms with Crippen LogP contribution in [0, 0.1) is 5.41 Å². The lowest BCUT2D eigenvalue weighted by Gasteiger charge is -2.15. The van der Waals surface area contributed by atoms with Gasteiger partial charge in [-0.15, -0.1) is 11.3 Å². The van der Waals surface area contributed by atoms with E-state index in [4.69, 9.17) is 20.6 Å². The maximum Gasteiger partial charge on any atom is 0.141 e. The second-order valence-corrected chi connectivity index (χ2v) is 8.92. The summed E-state index contributed by atoms with van der Waals surface area (Å²) in [6.07, 6.45) is 3.19. The molecule has 0 amide bonds. The van der Waals surface area contributed by atoms with E-state index in [1.807, 2.05) is 62.6 Å². The standard InChI is InChI=1S/C25H27N7O2S/c1-32(2)11-10-29-25-22(24(27)30-15-31-25)23(26)17-6-8-18(9-7-17)34-20-5-3-4-19(12-20)33-14-21-13-28-16-35-21/h3-9,12-13,15-16,26H,10-11,14H2,1-2H3,(H3,27,29,30,31). The Balaban J connectivity index is 1.43. The normalized spacial score (nSPS) is 10.8. The van der Waals surface area contributed by atoms with Gasteiger partial charge in [-0.05, 0) is 50.5 Å². The number of nitrogens with two attached hydrogens (primary N) is 1. The number of benzene rings is 2. The first-order valence-electron chi connectivity index (χ1n) is 11.0. The average Bonchev–Trinajstić information content (AvgIpc) is 3.37. The summed E-state index contributed by atoms with van der Waals surface area (Å²) in [6, 6.07) is 14.7. The third-order valence-corrected chi connectivity index (χ3v) is 5.78. The first-order valence-corrected chi connectivity index (χ1v) is 11.8. The lowest BCUT2D eigenvalue weighted by atomic mass is 10.0. The van der Waals surface area contributed by atoms with Gasteiger partial charge in [-0.3, -0.25) is 10.4 Å². The SMILES string of the molecule is CN(C)CCNc1ncnc(N)c1C(=N)c1ccc(Oc2cccc(OCc3cncs3)c2)cc1. The van der Waals surface area contributed by atoms with Crippen LogP contribution in [0.2, 0.25) is 0 Å². The van der Waals surface area contributed by atoms with Gasteiger partial charge in [0, 0.05) is 30.9 Å². The first-order chi connectivity index (χ1) is 17.0. The fraction of sp³-hybridized carbons (Fsp3) is 0.200. The smallest absolute Gasteiger partial charge is 0.141 e. The van der Waals surface area contributed by atoms with Gasteiger partial charge in [0.05, 0.1) is 21.7 Å². The van der Waals surface area contributed by atoms with Gasteiger partial charge in [0.15, 0.2) is 0 Å². The molecule has 9 nitrogen and oxygen atoms in total. The molecule has 0 atom stereocenters. The number of nitrogens with one attached hydrogen (secondary N) is 2. The molecule has 35 heavy (non-hydrogen) atoms. The molecule has 2 aromatic carbocycles. The molecule has 4 N–H and O–H groups in total. The molecule has 4 aromatic rings. The zero-order chi connectivity index (χ0) is 24.6. The van der Waals surface area contributed by atoms with E-state index in [9.17, 15) is 0 Å². The number of ether oxygens (including phenoxy) is 2. The highest BCUT2D eigenvalue weighted by molar-refractivity contribution is 7.09. The summed E-state index contributed by atoms with van der Waals surface area (Å²) in [7, 11) is 3.99. The summed E-state index contributed by atoms with van der Waals surface area (Å²) in [4.78, 5) is 15.5. The number of rotatable bonds is 11. The third kappa shape index (κ3) is 6.52. The lowest BCUT2D eigenvalue weighted by Crippen LogP contribution is -2.22. The number of nitrogens with zero attached hydrogens (tertiary/aromatic N) is 4. The molecule has 0 saturated carbocycles. The zero-order valence-electron chi connectivity index (χ0n) is 19.6. The minimum atomic E-state index is 0.237. The van der Waals surface area contributed by atoms with Gasteiger partial charge in [0.2, 0.25) is 0 Å². The predicted molar refractivity (Wildman–Crippen MR) is 139 cm³/mol. The summed E-state index contributed by atoms with van der Waals surface area (Å²) in [5.41, 5.74) is 9.28. The van der Waals surface area contributed by atoms with E-state index in [1.165, 1.54) is 6.33 Å². The predicted octanol–water partition coefficient (Wildman–Crippen LogP) is 4.28. The molecule has 0 aliphatic rings. The number of nitrogen functional groups attached to an aromatic ring is 1. The Bertz CT molecular complexity index is 1260. The van der Waals surface area contributed by atoms with Crippen molar-refractivity contribution < 1.29 is 9.47 Å². The largest absolute Gasteiger partial charge is 0.488 e. The van der Waals surface area contributed by atoms with Crippen LogP contribution in [0.4, 0.5) is 11.6 Å². The molecule has 0 spiro atoms. The van der Waals surface area contributed by atoms with Crippen molar-refractivity contribution in [3.63, 3.8) is 0 Å². The first kappa shape index (κ1) is 24.1. The molecule has 2 aromatic heterocycles. The molecule has 0 bridgehead atoms. The molecule has 0 unspecified atom stereocenters. The van der Waals surface area contributed by atoms with E-state index in [-0.39, 0.29) is 11.5 Å². The van der Waals surface area contributed by atoms with Crippen molar-refractivity contribution in [2.45, 2.75) is 6.61 Å². The van der Waals surface area contributed by atoms with Crippen LogP contribution < -0.4 is 20.5 Å². The van der Waals surface area contributed by atoms with Crippen LogP contribution in [0.3, 0.4) is 0 Å². The Labute approximate surface area is 208 Å². The quantitative estimate of drug-likeness (QED) is 0.267. The van der Waals surface area contributed by atoms with Crippen molar-refractivity contribution in [3.8, 4) is 17.2 Å². The number of anilines is 2. The van der Waals surface area contributed by atoms with Crippen LogP contribution in [0.1, 0.15) is 16.0 Å². The van der Waals surface area contributed by atoms with Crippen LogP contribution in [0.15, 0.2) is 66.6 Å². The van der Waals surface area contributed by atoms with E-state index in [0.29, 0.717) is 47.3 Å². The van der Waals surface area contributed by atoms with Crippen molar-refractivity contribution in [1.82, 2.24) is 19.9 Å². The van der Waals surface area contributed by atoms with Gasteiger partial charge in [-0.25, -0.2) is 9.97 Å². The molecular formula is C25H27N7O2S. The zero-order valence-corrected chi connectivity index (χ0v) is 20.4. The molecule has 0 saturated heterocycles.